The molecule has 1 saturated heterocycles. The summed E-state index contributed by atoms with van der Waals surface area (Å²) in [6, 6.07) is 9.55. The summed E-state index contributed by atoms with van der Waals surface area (Å²) >= 11 is 0. The Morgan fingerprint density at radius 1 is 0.967 bits per heavy atom. The molecule has 0 radical (unpaired) electrons. The lowest BCUT2D eigenvalue weighted by atomic mass is 9.91. The summed E-state index contributed by atoms with van der Waals surface area (Å²) in [5.41, 5.74) is 0.683. The van der Waals surface area contributed by atoms with E-state index < -0.39 is 52.3 Å². The second-order valence-corrected chi connectivity index (χ2v) is 9.14. The van der Waals surface area contributed by atoms with Gasteiger partial charge in [-0.1, -0.05) is 36.4 Å². The first-order chi connectivity index (χ1) is 14.1. The first-order valence-corrected chi connectivity index (χ1v) is 10.7. The molecule has 0 spiro atoms. The summed E-state index contributed by atoms with van der Waals surface area (Å²) in [6.07, 6.45) is -5.23. The van der Waals surface area contributed by atoms with E-state index in [1.807, 2.05) is 5.32 Å². The first kappa shape index (κ1) is 20.4. The fraction of sp³-hybridized carbons (Fsp3) is 0.300. The molecular weight excluding hydrogens is 421 g/mol. The van der Waals surface area contributed by atoms with E-state index in [1.54, 1.807) is 36.4 Å². The highest BCUT2D eigenvalue weighted by atomic mass is 32.2. The standard InChI is InChI=1S/C20H17F3N2O4S/c21-20(22,23)16-10-9-13(18(26)24-16)19(27)25-17-11-5-1-3-7-14(11)30(28,29)15-8-4-2-6-12(15)17/h1-8,13,16-17H,9-10H2,(H,24,26)(H,25,27). The number of alkyl halides is 3. The Balaban J connectivity index is 1.65. The largest absolute Gasteiger partial charge is 0.408 e. The lowest BCUT2D eigenvalue weighted by Gasteiger charge is -2.32. The zero-order valence-electron chi connectivity index (χ0n) is 15.4. The molecule has 2 amide bonds. The Morgan fingerprint density at radius 3 is 2.00 bits per heavy atom. The SMILES string of the molecule is O=C(NC1c2ccccc2S(=O)(=O)c2ccccc21)C1CCC(C(F)(F)F)NC1=O. The third-order valence-electron chi connectivity index (χ3n) is 5.41. The molecule has 2 N–H and O–H groups in total. The molecular formula is C20H17F3N2O4S. The molecule has 2 unspecified atom stereocenters. The quantitative estimate of drug-likeness (QED) is 0.705. The predicted molar refractivity (Wildman–Crippen MR) is 99.0 cm³/mol. The van der Waals surface area contributed by atoms with Gasteiger partial charge in [0.25, 0.3) is 0 Å². The van der Waals surface area contributed by atoms with Crippen LogP contribution in [0.15, 0.2) is 58.3 Å². The van der Waals surface area contributed by atoms with E-state index in [-0.39, 0.29) is 16.2 Å². The van der Waals surface area contributed by atoms with Crippen molar-refractivity contribution in [3.8, 4) is 0 Å². The average molecular weight is 438 g/mol. The van der Waals surface area contributed by atoms with E-state index in [1.165, 1.54) is 12.1 Å². The molecule has 158 valence electrons. The molecule has 6 nitrogen and oxygen atoms in total. The molecule has 1 fully saturated rings. The molecule has 2 aromatic rings. The fourth-order valence-electron chi connectivity index (χ4n) is 3.92. The summed E-state index contributed by atoms with van der Waals surface area (Å²) in [5.74, 6) is -3.03. The summed E-state index contributed by atoms with van der Waals surface area (Å²) in [6.45, 7) is 0. The van der Waals surface area contributed by atoms with E-state index in [0.29, 0.717) is 11.1 Å². The van der Waals surface area contributed by atoms with Crippen LogP contribution in [-0.4, -0.2) is 32.5 Å². The molecule has 4 rings (SSSR count). The predicted octanol–water partition coefficient (Wildman–Crippen LogP) is 2.50. The topological polar surface area (TPSA) is 92.3 Å². The summed E-state index contributed by atoms with van der Waals surface area (Å²) in [5, 5.41) is 4.53. The van der Waals surface area contributed by atoms with E-state index in [2.05, 4.69) is 5.32 Å². The highest BCUT2D eigenvalue weighted by molar-refractivity contribution is 7.91. The number of amides is 2. The molecule has 2 aliphatic rings. The maximum absolute atomic E-state index is 12.9. The lowest BCUT2D eigenvalue weighted by molar-refractivity contribution is -0.171. The number of fused-ring (bicyclic) bond motifs is 2. The minimum atomic E-state index is -4.58. The van der Waals surface area contributed by atoms with Crippen molar-refractivity contribution in [2.45, 2.75) is 40.9 Å². The number of rotatable bonds is 2. The van der Waals surface area contributed by atoms with Gasteiger partial charge in [-0.2, -0.15) is 13.2 Å². The maximum atomic E-state index is 12.9. The Hall–Kier alpha value is -2.88. The van der Waals surface area contributed by atoms with Crippen LogP contribution in [-0.2, 0) is 19.4 Å². The van der Waals surface area contributed by atoms with Crippen molar-refractivity contribution < 1.29 is 31.2 Å². The van der Waals surface area contributed by atoms with Gasteiger partial charge in [-0.05, 0) is 36.1 Å². The van der Waals surface area contributed by atoms with Crippen molar-refractivity contribution in [3.05, 3.63) is 59.7 Å². The lowest BCUT2D eigenvalue weighted by Crippen LogP contribution is -2.54. The van der Waals surface area contributed by atoms with Gasteiger partial charge in [-0.25, -0.2) is 8.42 Å². The number of nitrogens with one attached hydrogen (secondary N) is 2. The van der Waals surface area contributed by atoms with Crippen LogP contribution in [0.1, 0.15) is 30.0 Å². The average Bonchev–Trinajstić information content (AvgIpc) is 2.70. The third-order valence-corrected chi connectivity index (χ3v) is 7.32. The van der Waals surface area contributed by atoms with Crippen LogP contribution in [0.25, 0.3) is 0 Å². The number of benzene rings is 2. The van der Waals surface area contributed by atoms with Gasteiger partial charge in [0.1, 0.15) is 12.0 Å². The van der Waals surface area contributed by atoms with Crippen LogP contribution in [0.4, 0.5) is 13.2 Å². The second kappa shape index (κ2) is 7.12. The summed E-state index contributed by atoms with van der Waals surface area (Å²) < 4.78 is 64.4. The third kappa shape index (κ3) is 3.34. The van der Waals surface area contributed by atoms with Crippen LogP contribution in [0, 0.1) is 5.92 Å². The van der Waals surface area contributed by atoms with Gasteiger partial charge in [0.15, 0.2) is 0 Å². The Bertz CT molecular complexity index is 1080. The van der Waals surface area contributed by atoms with Crippen molar-refractivity contribution in [1.29, 1.82) is 0 Å². The van der Waals surface area contributed by atoms with Crippen molar-refractivity contribution in [1.82, 2.24) is 10.6 Å². The number of hydrogen-bond donors (Lipinski definition) is 2. The molecule has 2 aromatic carbocycles. The molecule has 2 atom stereocenters. The van der Waals surface area contributed by atoms with Gasteiger partial charge in [0, 0.05) is 0 Å². The number of carbonyl (C=O) groups is 2. The van der Waals surface area contributed by atoms with E-state index in [0.717, 1.165) is 0 Å². The number of piperidine rings is 1. The zero-order valence-corrected chi connectivity index (χ0v) is 16.3. The maximum Gasteiger partial charge on any atom is 0.408 e. The van der Waals surface area contributed by atoms with Crippen LogP contribution >= 0.6 is 0 Å². The van der Waals surface area contributed by atoms with Crippen molar-refractivity contribution in [2.24, 2.45) is 5.92 Å². The fourth-order valence-corrected chi connectivity index (χ4v) is 5.66. The monoisotopic (exact) mass is 438 g/mol. The van der Waals surface area contributed by atoms with Gasteiger partial charge in [-0.3, -0.25) is 9.59 Å². The van der Waals surface area contributed by atoms with Crippen LogP contribution in [0.5, 0.6) is 0 Å². The Kier molecular flexibility index (Phi) is 4.84. The minimum Gasteiger partial charge on any atom is -0.344 e. The first-order valence-electron chi connectivity index (χ1n) is 9.21. The van der Waals surface area contributed by atoms with Gasteiger partial charge in [0.05, 0.1) is 15.8 Å². The number of sulfone groups is 1. The van der Waals surface area contributed by atoms with E-state index in [9.17, 15) is 31.2 Å². The smallest absolute Gasteiger partial charge is 0.344 e. The van der Waals surface area contributed by atoms with Gasteiger partial charge in [-0.15, -0.1) is 0 Å². The van der Waals surface area contributed by atoms with Crippen LogP contribution in [0.2, 0.25) is 0 Å². The van der Waals surface area contributed by atoms with Gasteiger partial charge < -0.3 is 10.6 Å². The molecule has 0 bridgehead atoms. The van der Waals surface area contributed by atoms with Crippen molar-refractivity contribution >= 4 is 21.7 Å². The molecule has 0 aliphatic carbocycles. The number of hydrogen-bond acceptors (Lipinski definition) is 4. The van der Waals surface area contributed by atoms with Gasteiger partial charge >= 0.3 is 6.18 Å². The number of halogens is 3. The Morgan fingerprint density at radius 2 is 1.50 bits per heavy atom. The summed E-state index contributed by atoms with van der Waals surface area (Å²) in [4.78, 5) is 25.1. The molecule has 10 heteroatoms. The molecule has 30 heavy (non-hydrogen) atoms. The highest BCUT2D eigenvalue weighted by Gasteiger charge is 2.46. The van der Waals surface area contributed by atoms with Crippen molar-refractivity contribution in [3.63, 3.8) is 0 Å². The molecule has 0 aromatic heterocycles. The zero-order chi connectivity index (χ0) is 21.7. The minimum absolute atomic E-state index is 0.0410. The van der Waals surface area contributed by atoms with E-state index in [4.69, 9.17) is 0 Å². The van der Waals surface area contributed by atoms with Crippen LogP contribution < -0.4 is 10.6 Å². The van der Waals surface area contributed by atoms with E-state index >= 15 is 0 Å². The molecule has 0 saturated carbocycles. The molecule has 2 aliphatic heterocycles. The summed E-state index contributed by atoms with van der Waals surface area (Å²) in [7, 11) is -3.78. The number of carbonyl (C=O) groups excluding carboxylic acids is 2. The van der Waals surface area contributed by atoms with Crippen molar-refractivity contribution in [2.75, 3.05) is 0 Å². The molecule has 2 heterocycles. The Labute approximate surface area is 170 Å². The highest BCUT2D eigenvalue weighted by Crippen LogP contribution is 2.40. The van der Waals surface area contributed by atoms with Crippen LogP contribution in [0.3, 0.4) is 0 Å². The normalized spacial score (nSPS) is 23.1. The second-order valence-electron chi connectivity index (χ2n) is 7.25. The van der Waals surface area contributed by atoms with Gasteiger partial charge in [0.2, 0.25) is 21.7 Å².